The summed E-state index contributed by atoms with van der Waals surface area (Å²) in [6.07, 6.45) is 4.31. The smallest absolute Gasteiger partial charge is 0.305 e. The van der Waals surface area contributed by atoms with E-state index in [0.717, 1.165) is 22.0 Å². The summed E-state index contributed by atoms with van der Waals surface area (Å²) in [4.78, 5) is 61.0. The number of halogens is 2. The number of nitrogens with one attached hydrogen (secondary N) is 2. The van der Waals surface area contributed by atoms with E-state index in [0.29, 0.717) is 78.4 Å². The van der Waals surface area contributed by atoms with Crippen LogP contribution >= 0.6 is 23.2 Å². The number of aliphatic carboxylic acids is 1. The molecule has 11 nitrogen and oxygen atoms in total. The Morgan fingerprint density at radius 1 is 0.660 bits per heavy atom. The molecular weight excluding hydrogens is 719 g/mol. The maximum absolute atomic E-state index is 12.5. The van der Waals surface area contributed by atoms with E-state index in [-0.39, 0.29) is 28.3 Å². The summed E-state index contributed by atoms with van der Waals surface area (Å²) in [5.74, 6) is -2.59. The van der Waals surface area contributed by atoms with E-state index in [2.05, 4.69) is 10.6 Å². The van der Waals surface area contributed by atoms with Crippen molar-refractivity contribution in [2.45, 2.75) is 39.8 Å². The number of aliphatic hydroxyl groups excluding tert-OH is 1. The molecule has 6 aromatic rings. The van der Waals surface area contributed by atoms with Crippen molar-refractivity contribution in [3.05, 3.63) is 116 Å². The Balaban J connectivity index is 0.000000204. The SMILES string of the molecule is Cc1cn(CCC(=O)O)c2cc(-c3ccccc3Cl)c3c(c12)C(=O)NC3=O.Cc1cn(CCCO)c2cc(-c3ccccc3Cl)c3c(c12)C(=O)NC3=O.[HH].[HH]. The van der Waals surface area contributed by atoms with Crippen molar-refractivity contribution < 1.29 is 37.0 Å². The van der Waals surface area contributed by atoms with Crippen LogP contribution in [0.15, 0.2) is 73.1 Å². The molecule has 13 heteroatoms. The number of aromatic nitrogens is 2. The predicted molar refractivity (Wildman–Crippen MR) is 206 cm³/mol. The van der Waals surface area contributed by atoms with Gasteiger partial charge in [0.2, 0.25) is 0 Å². The minimum absolute atomic E-state index is 0. The van der Waals surface area contributed by atoms with Crippen molar-refractivity contribution >= 4 is 74.6 Å². The van der Waals surface area contributed by atoms with Gasteiger partial charge in [-0.1, -0.05) is 59.6 Å². The third-order valence-corrected chi connectivity index (χ3v) is 10.2. The van der Waals surface area contributed by atoms with E-state index >= 15 is 0 Å². The first-order valence-electron chi connectivity index (χ1n) is 16.8. The molecular formula is C40H36Cl2N4O7. The number of fused-ring (bicyclic) bond motifs is 6. The van der Waals surface area contributed by atoms with Crippen LogP contribution in [0.1, 0.15) is 68.3 Å². The van der Waals surface area contributed by atoms with Gasteiger partial charge >= 0.3 is 5.97 Å². The summed E-state index contributed by atoms with van der Waals surface area (Å²) >= 11 is 12.7. The minimum atomic E-state index is -0.907. The topological polar surface area (TPSA) is 160 Å². The van der Waals surface area contributed by atoms with E-state index in [1.165, 1.54) is 0 Å². The van der Waals surface area contributed by atoms with Gasteiger partial charge in [0.25, 0.3) is 23.6 Å². The lowest BCUT2D eigenvalue weighted by molar-refractivity contribution is -0.137. The van der Waals surface area contributed by atoms with Crippen molar-refractivity contribution in [2.75, 3.05) is 6.61 Å². The van der Waals surface area contributed by atoms with Gasteiger partial charge in [-0.15, -0.1) is 0 Å². The van der Waals surface area contributed by atoms with Crippen LogP contribution in [0, 0.1) is 13.8 Å². The number of carbonyl (C=O) groups excluding carboxylic acids is 4. The zero-order valence-electron chi connectivity index (χ0n) is 28.5. The second-order valence-corrected chi connectivity index (χ2v) is 13.7. The standard InChI is InChI=1S/C20H15ClN2O4.C20H17ClN2O3.2H2/c1-10-9-23(7-6-15(24)25)14-8-12(11-4-2-3-5-13(11)21)17-18(16(10)14)20(27)22-19(17)26;1-11-10-23(7-4-8-24)15-9-13(12-5-2-3-6-14(12)21)17-18(16(11)15)20(26)22-19(17)25;;/h2-5,8-9H,6-7H2,1H3,(H,24,25)(H,22,26,27);2-3,5-6,9-10,24H,4,7-8H2,1H3,(H,22,25,26);2*1H. The predicted octanol–water partition coefficient (Wildman–Crippen LogP) is 7.66. The van der Waals surface area contributed by atoms with E-state index in [9.17, 15) is 24.0 Å². The lowest BCUT2D eigenvalue weighted by atomic mass is 9.93. The molecule has 2 aliphatic rings. The van der Waals surface area contributed by atoms with Gasteiger partial charge in [0.1, 0.15) is 0 Å². The highest BCUT2D eigenvalue weighted by Crippen LogP contribution is 2.41. The molecule has 0 atom stereocenters. The fourth-order valence-electron chi connectivity index (χ4n) is 7.32. The van der Waals surface area contributed by atoms with Crippen LogP contribution in [-0.4, -0.2) is 55.6 Å². The van der Waals surface area contributed by atoms with Gasteiger partial charge in [0.15, 0.2) is 0 Å². The fourth-order valence-corrected chi connectivity index (χ4v) is 7.79. The summed E-state index contributed by atoms with van der Waals surface area (Å²) in [7, 11) is 0. The number of benzene rings is 4. The number of aryl methyl sites for hydroxylation is 4. The maximum Gasteiger partial charge on any atom is 0.305 e. The monoisotopic (exact) mass is 754 g/mol. The largest absolute Gasteiger partial charge is 0.481 e. The highest BCUT2D eigenvalue weighted by Gasteiger charge is 2.35. The van der Waals surface area contributed by atoms with E-state index < -0.39 is 23.7 Å². The zero-order valence-corrected chi connectivity index (χ0v) is 30.1. The Kier molecular flexibility index (Phi) is 9.41. The lowest BCUT2D eigenvalue weighted by Gasteiger charge is -2.12. The first-order chi connectivity index (χ1) is 25.4. The average Bonchev–Trinajstić information content (AvgIpc) is 3.82. The number of amides is 4. The van der Waals surface area contributed by atoms with Gasteiger partial charge in [-0.3, -0.25) is 34.6 Å². The first-order valence-corrected chi connectivity index (χ1v) is 17.5. The molecule has 8 rings (SSSR count). The normalized spacial score (nSPS) is 13.2. The van der Waals surface area contributed by atoms with Gasteiger partial charge in [0.05, 0.1) is 28.7 Å². The Bertz CT molecular complexity index is 2580. The molecule has 272 valence electrons. The van der Waals surface area contributed by atoms with E-state index in [4.69, 9.17) is 33.4 Å². The van der Waals surface area contributed by atoms with Crippen molar-refractivity contribution in [1.82, 2.24) is 19.8 Å². The van der Waals surface area contributed by atoms with Crippen LogP contribution < -0.4 is 10.6 Å². The van der Waals surface area contributed by atoms with Crippen LogP contribution in [0.3, 0.4) is 0 Å². The van der Waals surface area contributed by atoms with Crippen molar-refractivity contribution in [1.29, 1.82) is 0 Å². The third kappa shape index (κ3) is 6.16. The molecule has 2 aromatic heterocycles. The maximum atomic E-state index is 12.5. The fraction of sp³-hybridized carbons (Fsp3) is 0.175. The van der Waals surface area contributed by atoms with Gasteiger partial charge in [-0.2, -0.15) is 0 Å². The number of hydrogen-bond acceptors (Lipinski definition) is 6. The van der Waals surface area contributed by atoms with Crippen LogP contribution in [-0.2, 0) is 17.9 Å². The number of carboxylic acid groups (broad SMARTS) is 1. The average molecular weight is 756 g/mol. The summed E-state index contributed by atoms with van der Waals surface area (Å²) in [6, 6.07) is 18.1. The van der Waals surface area contributed by atoms with Crippen molar-refractivity contribution in [2.24, 2.45) is 0 Å². The summed E-state index contributed by atoms with van der Waals surface area (Å²) in [5.41, 5.74) is 7.25. The molecule has 0 unspecified atom stereocenters. The van der Waals surface area contributed by atoms with Crippen molar-refractivity contribution in [3.63, 3.8) is 0 Å². The molecule has 0 aliphatic carbocycles. The number of hydrogen-bond donors (Lipinski definition) is 4. The molecule has 53 heavy (non-hydrogen) atoms. The zero-order chi connectivity index (χ0) is 37.7. The molecule has 4 heterocycles. The molecule has 0 saturated carbocycles. The number of carbonyl (C=O) groups is 5. The number of imide groups is 2. The second kappa shape index (κ2) is 14.0. The second-order valence-electron chi connectivity index (χ2n) is 12.9. The van der Waals surface area contributed by atoms with E-state index in [1.807, 2.05) is 54.9 Å². The van der Waals surface area contributed by atoms with Gasteiger partial charge in [-0.05, 0) is 66.8 Å². The summed E-state index contributed by atoms with van der Waals surface area (Å²) in [5, 5.41) is 25.4. The van der Waals surface area contributed by atoms with Gasteiger partial charge in [0, 0.05) is 77.9 Å². The van der Waals surface area contributed by atoms with Crippen LogP contribution in [0.2, 0.25) is 10.0 Å². The molecule has 4 N–H and O–H groups in total. The summed E-state index contributed by atoms with van der Waals surface area (Å²) in [6.45, 7) is 4.72. The molecule has 0 saturated heterocycles. The summed E-state index contributed by atoms with van der Waals surface area (Å²) < 4.78 is 3.81. The van der Waals surface area contributed by atoms with Crippen molar-refractivity contribution in [3.8, 4) is 22.3 Å². The van der Waals surface area contributed by atoms with Crippen LogP contribution in [0.4, 0.5) is 0 Å². The molecule has 0 spiro atoms. The molecule has 0 bridgehead atoms. The van der Waals surface area contributed by atoms with E-state index in [1.54, 1.807) is 41.1 Å². The Hall–Kier alpha value is -5.75. The molecule has 4 aromatic carbocycles. The molecule has 0 radical (unpaired) electrons. The molecule has 2 aliphatic heterocycles. The van der Waals surface area contributed by atoms with Gasteiger partial charge in [-0.25, -0.2) is 0 Å². The third-order valence-electron chi connectivity index (χ3n) is 9.53. The lowest BCUT2D eigenvalue weighted by Crippen LogP contribution is -2.20. The quantitative estimate of drug-likeness (QED) is 0.116. The highest BCUT2D eigenvalue weighted by atomic mass is 35.5. The molecule has 4 amide bonds. The number of aliphatic hydroxyl groups is 1. The first kappa shape index (κ1) is 35.6. The van der Waals surface area contributed by atoms with Gasteiger partial charge < -0.3 is 19.3 Å². The minimum Gasteiger partial charge on any atom is -0.481 e. The number of carboxylic acids is 1. The number of rotatable bonds is 8. The molecule has 0 fully saturated rings. The number of nitrogens with zero attached hydrogens (tertiary/aromatic N) is 2. The Morgan fingerprint density at radius 3 is 1.49 bits per heavy atom. The Labute approximate surface area is 315 Å². The van der Waals surface area contributed by atoms with Crippen LogP contribution in [0.25, 0.3) is 44.1 Å². The highest BCUT2D eigenvalue weighted by molar-refractivity contribution is 6.36. The Morgan fingerprint density at radius 2 is 1.08 bits per heavy atom. The van der Waals surface area contributed by atoms with Crippen LogP contribution in [0.5, 0.6) is 0 Å².